The molecule has 0 spiro atoms. The number of aryl methyl sites for hydroxylation is 2. The third-order valence-corrected chi connectivity index (χ3v) is 5.63. The maximum atomic E-state index is 13.0. The van der Waals surface area contributed by atoms with Crippen LogP contribution in [0.4, 0.5) is 4.79 Å². The van der Waals surface area contributed by atoms with Gasteiger partial charge < -0.3 is 14.4 Å². The standard InChI is InChI=1S/C23H29N2O4/c1-17-10-9-11-18(2)25(17)16-29-23(27)24-15-8-7-14-20(24)21(22(26)28-3)19-12-5-4-6-13-19/h4-6,9-13,20-21H,7-8,14-16H2,1-3H3/q+1/t20-,21?/m1/s1. The predicted octanol–water partition coefficient (Wildman–Crippen LogP) is 3.50. The second-order valence-electron chi connectivity index (χ2n) is 7.44. The largest absolute Gasteiger partial charge is 0.468 e. The van der Waals surface area contributed by atoms with E-state index in [4.69, 9.17) is 9.47 Å². The fourth-order valence-electron chi connectivity index (χ4n) is 4.02. The molecular formula is C23H29N2O4+. The number of carbonyl (C=O) groups is 2. The number of aromatic nitrogens is 1. The van der Waals surface area contributed by atoms with Crippen molar-refractivity contribution in [3.05, 3.63) is 65.5 Å². The molecule has 0 N–H and O–H groups in total. The van der Waals surface area contributed by atoms with Crippen molar-refractivity contribution in [1.82, 2.24) is 4.90 Å². The summed E-state index contributed by atoms with van der Waals surface area (Å²) in [6.07, 6.45) is 2.20. The highest BCUT2D eigenvalue weighted by Crippen LogP contribution is 2.32. The fourth-order valence-corrected chi connectivity index (χ4v) is 4.02. The van der Waals surface area contributed by atoms with Gasteiger partial charge in [0.15, 0.2) is 11.4 Å². The van der Waals surface area contributed by atoms with Crippen molar-refractivity contribution in [2.24, 2.45) is 0 Å². The highest BCUT2D eigenvalue weighted by molar-refractivity contribution is 5.80. The normalized spacial score (nSPS) is 17.5. The lowest BCUT2D eigenvalue weighted by atomic mass is 9.85. The lowest BCUT2D eigenvalue weighted by molar-refractivity contribution is -0.738. The van der Waals surface area contributed by atoms with Crippen LogP contribution < -0.4 is 4.57 Å². The lowest BCUT2D eigenvalue weighted by Gasteiger charge is -2.38. The number of carbonyl (C=O) groups excluding carboxylic acids is 2. The number of likely N-dealkylation sites (tertiary alicyclic amines) is 1. The minimum absolute atomic E-state index is 0.148. The van der Waals surface area contributed by atoms with Gasteiger partial charge in [0, 0.05) is 32.5 Å². The van der Waals surface area contributed by atoms with Gasteiger partial charge in [-0.05, 0) is 30.9 Å². The molecule has 2 aromatic rings. The van der Waals surface area contributed by atoms with Crippen LogP contribution in [0.1, 0.15) is 42.1 Å². The first-order valence-electron chi connectivity index (χ1n) is 10.0. The Morgan fingerprint density at radius 2 is 1.76 bits per heavy atom. The predicted molar refractivity (Wildman–Crippen MR) is 108 cm³/mol. The number of amides is 1. The van der Waals surface area contributed by atoms with Gasteiger partial charge >= 0.3 is 12.1 Å². The number of nitrogens with zero attached hydrogens (tertiary/aromatic N) is 2. The topological polar surface area (TPSA) is 59.7 Å². The molecule has 154 valence electrons. The van der Waals surface area contributed by atoms with Crippen LogP contribution in [0.25, 0.3) is 0 Å². The molecule has 2 heterocycles. The SMILES string of the molecule is COC(=O)C(c1ccccc1)[C@H]1CCCCN1C(=O)OC[n+]1c(C)cccc1C. The summed E-state index contributed by atoms with van der Waals surface area (Å²) in [4.78, 5) is 27.3. The molecule has 0 aliphatic carbocycles. The van der Waals surface area contributed by atoms with Gasteiger partial charge in [-0.3, -0.25) is 4.79 Å². The van der Waals surface area contributed by atoms with Crippen LogP contribution in [0.3, 0.4) is 0 Å². The summed E-state index contributed by atoms with van der Waals surface area (Å²) in [6.45, 7) is 4.68. The van der Waals surface area contributed by atoms with E-state index in [1.807, 2.05) is 66.9 Å². The molecule has 0 radical (unpaired) electrons. The molecule has 6 nitrogen and oxygen atoms in total. The molecule has 0 saturated carbocycles. The Balaban J connectivity index is 1.80. The number of pyridine rings is 1. The fraction of sp³-hybridized carbons (Fsp3) is 0.435. The molecular weight excluding hydrogens is 368 g/mol. The third kappa shape index (κ3) is 4.75. The smallest absolute Gasteiger partial charge is 0.414 e. The molecule has 1 aromatic heterocycles. The minimum atomic E-state index is -0.526. The molecule has 3 rings (SSSR count). The molecule has 1 saturated heterocycles. The van der Waals surface area contributed by atoms with E-state index in [0.717, 1.165) is 36.2 Å². The Morgan fingerprint density at radius 1 is 1.07 bits per heavy atom. The Labute approximate surface area is 172 Å². The van der Waals surface area contributed by atoms with E-state index in [1.165, 1.54) is 7.11 Å². The second-order valence-corrected chi connectivity index (χ2v) is 7.44. The van der Waals surface area contributed by atoms with Gasteiger partial charge in [0.1, 0.15) is 5.92 Å². The first-order chi connectivity index (χ1) is 14.0. The maximum absolute atomic E-state index is 13.0. The molecule has 1 aliphatic rings. The first-order valence-corrected chi connectivity index (χ1v) is 10.0. The second kappa shape index (κ2) is 9.54. The van der Waals surface area contributed by atoms with Crippen LogP contribution in [0, 0.1) is 13.8 Å². The van der Waals surface area contributed by atoms with E-state index >= 15 is 0 Å². The summed E-state index contributed by atoms with van der Waals surface area (Å²) in [5.41, 5.74) is 2.89. The number of ether oxygens (including phenoxy) is 2. The van der Waals surface area contributed by atoms with Crippen molar-refractivity contribution in [3.63, 3.8) is 0 Å². The molecule has 0 bridgehead atoms. The van der Waals surface area contributed by atoms with Crippen molar-refractivity contribution in [2.45, 2.75) is 51.8 Å². The van der Waals surface area contributed by atoms with Crippen molar-refractivity contribution < 1.29 is 23.6 Å². The summed E-state index contributed by atoms with van der Waals surface area (Å²) in [7, 11) is 1.39. The number of hydrogen-bond acceptors (Lipinski definition) is 4. The zero-order valence-corrected chi connectivity index (χ0v) is 17.3. The summed E-state index contributed by atoms with van der Waals surface area (Å²) in [5, 5.41) is 0. The average molecular weight is 397 g/mol. The van der Waals surface area contributed by atoms with Crippen LogP contribution in [0.5, 0.6) is 0 Å². The number of hydrogen-bond donors (Lipinski definition) is 0. The summed E-state index contributed by atoms with van der Waals surface area (Å²) < 4.78 is 12.7. The molecule has 6 heteroatoms. The van der Waals surface area contributed by atoms with Crippen LogP contribution in [-0.2, 0) is 21.0 Å². The monoisotopic (exact) mass is 397 g/mol. The van der Waals surface area contributed by atoms with E-state index in [9.17, 15) is 9.59 Å². The van der Waals surface area contributed by atoms with Crippen molar-refractivity contribution in [3.8, 4) is 0 Å². The van der Waals surface area contributed by atoms with E-state index in [2.05, 4.69) is 0 Å². The minimum Gasteiger partial charge on any atom is -0.468 e. The summed E-state index contributed by atoms with van der Waals surface area (Å²) in [5.74, 6) is -0.855. The van der Waals surface area contributed by atoms with Crippen LogP contribution in [0.2, 0.25) is 0 Å². The summed E-state index contributed by atoms with van der Waals surface area (Å²) >= 11 is 0. The quantitative estimate of drug-likeness (QED) is 0.572. The molecule has 1 amide bonds. The number of esters is 1. The molecule has 1 fully saturated rings. The van der Waals surface area contributed by atoms with Crippen LogP contribution >= 0.6 is 0 Å². The zero-order chi connectivity index (χ0) is 20.8. The van der Waals surface area contributed by atoms with Gasteiger partial charge in [-0.1, -0.05) is 30.3 Å². The van der Waals surface area contributed by atoms with E-state index in [1.54, 1.807) is 4.90 Å². The van der Waals surface area contributed by atoms with Gasteiger partial charge in [-0.15, -0.1) is 0 Å². The average Bonchev–Trinajstić information content (AvgIpc) is 2.74. The Kier molecular flexibility index (Phi) is 6.86. The zero-order valence-electron chi connectivity index (χ0n) is 17.3. The van der Waals surface area contributed by atoms with Crippen molar-refractivity contribution >= 4 is 12.1 Å². The van der Waals surface area contributed by atoms with Crippen molar-refractivity contribution in [1.29, 1.82) is 0 Å². The number of rotatable bonds is 5. The maximum Gasteiger partial charge on any atom is 0.414 e. The summed E-state index contributed by atoms with van der Waals surface area (Å²) in [6, 6.07) is 15.2. The van der Waals surface area contributed by atoms with Gasteiger partial charge in [0.25, 0.3) is 6.73 Å². The van der Waals surface area contributed by atoms with Crippen LogP contribution in [-0.4, -0.2) is 36.7 Å². The number of piperidine rings is 1. The first kappa shape index (κ1) is 20.8. The molecule has 1 aromatic carbocycles. The molecule has 29 heavy (non-hydrogen) atoms. The Bertz CT molecular complexity index is 833. The highest BCUT2D eigenvalue weighted by Gasteiger charge is 2.39. The third-order valence-electron chi connectivity index (χ3n) is 5.63. The van der Waals surface area contributed by atoms with Crippen LogP contribution in [0.15, 0.2) is 48.5 Å². The van der Waals surface area contributed by atoms with Gasteiger partial charge in [0.05, 0.1) is 13.2 Å². The Hall–Kier alpha value is -2.89. The van der Waals surface area contributed by atoms with E-state index in [0.29, 0.717) is 6.54 Å². The van der Waals surface area contributed by atoms with Gasteiger partial charge in [-0.2, -0.15) is 4.57 Å². The lowest BCUT2D eigenvalue weighted by Crippen LogP contribution is -2.51. The van der Waals surface area contributed by atoms with E-state index < -0.39 is 12.0 Å². The molecule has 1 unspecified atom stereocenters. The number of benzene rings is 1. The van der Waals surface area contributed by atoms with Gasteiger partial charge in [0.2, 0.25) is 0 Å². The Morgan fingerprint density at radius 3 is 2.41 bits per heavy atom. The number of methoxy groups -OCH3 is 1. The van der Waals surface area contributed by atoms with Gasteiger partial charge in [-0.25, -0.2) is 4.79 Å². The molecule has 2 atom stereocenters. The van der Waals surface area contributed by atoms with E-state index in [-0.39, 0.29) is 18.7 Å². The molecule has 1 aliphatic heterocycles. The van der Waals surface area contributed by atoms with Crippen molar-refractivity contribution in [2.75, 3.05) is 13.7 Å². The highest BCUT2D eigenvalue weighted by atomic mass is 16.6.